The lowest BCUT2D eigenvalue weighted by Crippen LogP contribution is -2.35. The van der Waals surface area contributed by atoms with E-state index in [0.29, 0.717) is 12.2 Å². The minimum Gasteiger partial charge on any atom is -0.465 e. The lowest BCUT2D eigenvalue weighted by Gasteiger charge is -2.24. The van der Waals surface area contributed by atoms with Gasteiger partial charge in [-0.3, -0.25) is 4.79 Å². The number of rotatable bonds is 3. The van der Waals surface area contributed by atoms with Crippen LogP contribution in [0.15, 0.2) is 29.3 Å². The summed E-state index contributed by atoms with van der Waals surface area (Å²) in [6, 6.07) is 5.70. The summed E-state index contributed by atoms with van der Waals surface area (Å²) in [6.07, 6.45) is 0. The van der Waals surface area contributed by atoms with Gasteiger partial charge in [-0.05, 0) is 45.0 Å². The highest BCUT2D eigenvalue weighted by Gasteiger charge is 2.14. The zero-order valence-corrected chi connectivity index (χ0v) is 11.7. The topological polar surface area (TPSA) is 41.9 Å². The largest absolute Gasteiger partial charge is 0.465 e. The molecule has 0 radical (unpaired) electrons. The molecule has 1 aromatic rings. The second-order valence-corrected chi connectivity index (χ2v) is 4.34. The van der Waals surface area contributed by atoms with Gasteiger partial charge in [0.1, 0.15) is 5.82 Å². The Balaban J connectivity index is 2.95. The maximum absolute atomic E-state index is 12.8. The van der Waals surface area contributed by atoms with Gasteiger partial charge in [0.15, 0.2) is 0 Å². The number of carbonyl (C=O) groups excluding carboxylic acids is 1. The van der Waals surface area contributed by atoms with Crippen molar-refractivity contribution in [2.45, 2.75) is 26.8 Å². The van der Waals surface area contributed by atoms with Crippen LogP contribution in [0.3, 0.4) is 0 Å². The Morgan fingerprint density at radius 1 is 1.37 bits per heavy atom. The Kier molecular flexibility index (Phi) is 5.48. The van der Waals surface area contributed by atoms with Gasteiger partial charge in [-0.2, -0.15) is 4.99 Å². The van der Waals surface area contributed by atoms with Crippen LogP contribution in [-0.4, -0.2) is 36.5 Å². The second kappa shape index (κ2) is 6.87. The second-order valence-electron chi connectivity index (χ2n) is 4.34. The molecule has 0 heterocycles. The summed E-state index contributed by atoms with van der Waals surface area (Å²) in [5.74, 6) is -0.833. The fraction of sp³-hybridized carbons (Fsp3) is 0.429. The molecule has 0 aliphatic heterocycles. The number of amidine groups is 1. The Hall–Kier alpha value is -1.91. The third-order valence-electron chi connectivity index (χ3n) is 2.64. The Labute approximate surface area is 112 Å². The van der Waals surface area contributed by atoms with E-state index in [1.807, 2.05) is 20.8 Å². The van der Waals surface area contributed by atoms with E-state index < -0.39 is 5.91 Å². The predicted molar refractivity (Wildman–Crippen MR) is 72.7 cm³/mol. The highest BCUT2D eigenvalue weighted by atomic mass is 19.1. The van der Waals surface area contributed by atoms with Gasteiger partial charge >= 0.3 is 0 Å². The fourth-order valence-corrected chi connectivity index (χ4v) is 1.31. The van der Waals surface area contributed by atoms with Crippen molar-refractivity contribution in [3.8, 4) is 0 Å². The SMILES string of the molecule is CCOC(=NC(=O)c1ccc(F)cc1)N(C)C(C)C. The van der Waals surface area contributed by atoms with E-state index in [0.717, 1.165) is 0 Å². The average Bonchev–Trinajstić information content (AvgIpc) is 2.37. The van der Waals surface area contributed by atoms with Crippen LogP contribution in [0.4, 0.5) is 4.39 Å². The number of aliphatic imine (C=N–C) groups is 1. The standard InChI is InChI=1S/C14H19FN2O2/c1-5-19-14(17(4)10(2)3)16-13(18)11-6-8-12(15)9-7-11/h6-10H,5H2,1-4H3. The molecule has 1 aromatic carbocycles. The third kappa shape index (κ3) is 4.35. The van der Waals surface area contributed by atoms with Crippen molar-refractivity contribution in [3.05, 3.63) is 35.6 Å². The summed E-state index contributed by atoms with van der Waals surface area (Å²) in [7, 11) is 1.80. The first-order valence-corrected chi connectivity index (χ1v) is 6.20. The monoisotopic (exact) mass is 266 g/mol. The molecule has 0 atom stereocenters. The van der Waals surface area contributed by atoms with Crippen molar-refractivity contribution in [1.82, 2.24) is 4.90 Å². The van der Waals surface area contributed by atoms with Gasteiger partial charge in [0.25, 0.3) is 11.9 Å². The van der Waals surface area contributed by atoms with E-state index in [4.69, 9.17) is 4.74 Å². The Morgan fingerprint density at radius 3 is 2.42 bits per heavy atom. The number of halogens is 1. The lowest BCUT2D eigenvalue weighted by molar-refractivity contribution is 0.0994. The summed E-state index contributed by atoms with van der Waals surface area (Å²) < 4.78 is 18.1. The summed E-state index contributed by atoms with van der Waals surface area (Å²) >= 11 is 0. The molecule has 0 saturated heterocycles. The summed E-state index contributed by atoms with van der Waals surface area (Å²) in [6.45, 7) is 6.19. The van der Waals surface area contributed by atoms with Crippen LogP contribution in [0.25, 0.3) is 0 Å². The molecule has 0 fully saturated rings. The van der Waals surface area contributed by atoms with Crippen molar-refractivity contribution >= 4 is 11.9 Å². The zero-order chi connectivity index (χ0) is 14.4. The maximum atomic E-state index is 12.8. The normalized spacial score (nSPS) is 11.6. The van der Waals surface area contributed by atoms with Crippen molar-refractivity contribution < 1.29 is 13.9 Å². The molecule has 1 rings (SSSR count). The Bertz CT molecular complexity index is 455. The van der Waals surface area contributed by atoms with E-state index in [2.05, 4.69) is 4.99 Å². The molecule has 4 nitrogen and oxygen atoms in total. The van der Waals surface area contributed by atoms with Gasteiger partial charge in [-0.25, -0.2) is 4.39 Å². The number of benzene rings is 1. The van der Waals surface area contributed by atoms with E-state index in [1.165, 1.54) is 24.3 Å². The van der Waals surface area contributed by atoms with Crippen LogP contribution in [0, 0.1) is 5.82 Å². The van der Waals surface area contributed by atoms with Crippen molar-refractivity contribution in [1.29, 1.82) is 0 Å². The molecule has 19 heavy (non-hydrogen) atoms. The van der Waals surface area contributed by atoms with E-state index in [9.17, 15) is 9.18 Å². The van der Waals surface area contributed by atoms with Gasteiger partial charge < -0.3 is 9.64 Å². The van der Waals surface area contributed by atoms with Crippen molar-refractivity contribution in [3.63, 3.8) is 0 Å². The van der Waals surface area contributed by atoms with Crippen LogP contribution < -0.4 is 0 Å². The van der Waals surface area contributed by atoms with Crippen molar-refractivity contribution in [2.75, 3.05) is 13.7 Å². The molecule has 104 valence electrons. The summed E-state index contributed by atoms with van der Waals surface area (Å²) in [5.41, 5.74) is 0.329. The van der Waals surface area contributed by atoms with Crippen LogP contribution >= 0.6 is 0 Å². The van der Waals surface area contributed by atoms with Gasteiger partial charge in [-0.15, -0.1) is 0 Å². The summed E-state index contributed by atoms with van der Waals surface area (Å²) in [4.78, 5) is 17.7. The van der Waals surface area contributed by atoms with Gasteiger partial charge in [-0.1, -0.05) is 0 Å². The number of carbonyl (C=O) groups is 1. The smallest absolute Gasteiger partial charge is 0.295 e. The van der Waals surface area contributed by atoms with E-state index in [1.54, 1.807) is 11.9 Å². The first kappa shape index (κ1) is 15.1. The molecule has 0 aliphatic carbocycles. The summed E-state index contributed by atoms with van der Waals surface area (Å²) in [5, 5.41) is 0. The molecule has 0 spiro atoms. The molecule has 0 aromatic heterocycles. The molecule has 0 N–H and O–H groups in total. The molecule has 1 amide bonds. The van der Waals surface area contributed by atoms with Gasteiger partial charge in [0, 0.05) is 18.7 Å². The predicted octanol–water partition coefficient (Wildman–Crippen LogP) is 2.70. The highest BCUT2D eigenvalue weighted by Crippen LogP contribution is 2.06. The van der Waals surface area contributed by atoms with Gasteiger partial charge in [0.05, 0.1) is 6.61 Å². The maximum Gasteiger partial charge on any atom is 0.295 e. The van der Waals surface area contributed by atoms with Crippen LogP contribution in [0.5, 0.6) is 0 Å². The quantitative estimate of drug-likeness (QED) is 0.624. The molecular formula is C14H19FN2O2. The number of nitrogens with zero attached hydrogens (tertiary/aromatic N) is 2. The molecule has 0 bridgehead atoms. The Morgan fingerprint density at radius 2 is 1.95 bits per heavy atom. The number of ether oxygens (including phenoxy) is 1. The molecule has 0 saturated carbocycles. The fourth-order valence-electron chi connectivity index (χ4n) is 1.31. The van der Waals surface area contributed by atoms with E-state index in [-0.39, 0.29) is 17.9 Å². The van der Waals surface area contributed by atoms with Gasteiger partial charge in [0.2, 0.25) is 0 Å². The molecular weight excluding hydrogens is 247 g/mol. The van der Waals surface area contributed by atoms with Crippen LogP contribution in [0.1, 0.15) is 31.1 Å². The molecule has 0 unspecified atom stereocenters. The van der Waals surface area contributed by atoms with Crippen LogP contribution in [0.2, 0.25) is 0 Å². The first-order valence-electron chi connectivity index (χ1n) is 6.20. The highest BCUT2D eigenvalue weighted by molar-refractivity contribution is 6.01. The minimum atomic E-state index is -0.448. The van der Waals surface area contributed by atoms with Crippen LogP contribution in [-0.2, 0) is 4.74 Å². The molecule has 5 heteroatoms. The molecule has 0 aliphatic rings. The lowest BCUT2D eigenvalue weighted by atomic mass is 10.2. The van der Waals surface area contributed by atoms with E-state index >= 15 is 0 Å². The number of amides is 1. The minimum absolute atomic E-state index is 0.159. The van der Waals surface area contributed by atoms with Crippen molar-refractivity contribution in [2.24, 2.45) is 4.99 Å². The average molecular weight is 266 g/mol. The third-order valence-corrected chi connectivity index (χ3v) is 2.64. The number of hydrogen-bond acceptors (Lipinski definition) is 2. The number of hydrogen-bond donors (Lipinski definition) is 0. The first-order chi connectivity index (χ1) is 8.95. The zero-order valence-electron chi connectivity index (χ0n) is 11.7.